The monoisotopic (exact) mass is 164 g/mol. The van der Waals surface area contributed by atoms with E-state index in [1.54, 1.807) is 6.92 Å². The van der Waals surface area contributed by atoms with Gasteiger partial charge in [-0.25, -0.2) is 0 Å². The van der Waals surface area contributed by atoms with Crippen LogP contribution in [0.25, 0.3) is 0 Å². The lowest BCUT2D eigenvalue weighted by Gasteiger charge is -1.89. The molecule has 4 heteroatoms. The molecule has 60 valence electrons. The van der Waals surface area contributed by atoms with Crippen LogP contribution >= 0.6 is 12.6 Å². The van der Waals surface area contributed by atoms with Crippen LogP contribution in [0.1, 0.15) is 20.8 Å². The van der Waals surface area contributed by atoms with Crippen LogP contribution in [-0.4, -0.2) is 17.7 Å². The number of carbonyl (C=O) groups is 2. The van der Waals surface area contributed by atoms with Gasteiger partial charge in [0.2, 0.25) is 0 Å². The van der Waals surface area contributed by atoms with Crippen molar-refractivity contribution in [2.75, 3.05) is 6.61 Å². The number of hydrogen-bond acceptors (Lipinski definition) is 3. The minimum atomic E-state index is -0.211. The lowest BCUT2D eigenvalue weighted by molar-refractivity contribution is -0.140. The molecule has 0 saturated heterocycles. The molecule has 0 bridgehead atoms. The Labute approximate surface area is 66.2 Å². The summed E-state index contributed by atoms with van der Waals surface area (Å²) >= 11 is 3.33. The highest BCUT2D eigenvalue weighted by Gasteiger charge is 1.81. The Morgan fingerprint density at radius 3 is 1.70 bits per heavy atom. The third-order valence-corrected chi connectivity index (χ3v) is 0.348. The minimum Gasteiger partial charge on any atom is -0.466 e. The molecule has 3 nitrogen and oxygen atoms in total. The van der Waals surface area contributed by atoms with E-state index in [1.807, 2.05) is 0 Å². The van der Waals surface area contributed by atoms with Gasteiger partial charge in [0.05, 0.1) is 6.61 Å². The highest BCUT2D eigenvalue weighted by atomic mass is 32.1. The predicted molar refractivity (Wildman–Crippen MR) is 42.0 cm³/mol. The van der Waals surface area contributed by atoms with E-state index in [9.17, 15) is 9.59 Å². The van der Waals surface area contributed by atoms with Crippen LogP contribution in [0.15, 0.2) is 0 Å². The van der Waals surface area contributed by atoms with Crippen LogP contribution in [-0.2, 0) is 14.3 Å². The lowest BCUT2D eigenvalue weighted by atomic mass is 10.8. The molecule has 0 aliphatic rings. The van der Waals surface area contributed by atoms with Gasteiger partial charge in [-0.2, -0.15) is 0 Å². The highest BCUT2D eigenvalue weighted by Crippen LogP contribution is 1.69. The van der Waals surface area contributed by atoms with Crippen molar-refractivity contribution in [2.45, 2.75) is 20.8 Å². The van der Waals surface area contributed by atoms with Crippen molar-refractivity contribution in [3.05, 3.63) is 0 Å². The number of thiol groups is 1. The predicted octanol–water partition coefficient (Wildman–Crippen LogP) is 1.03. The first-order valence-corrected chi connectivity index (χ1v) is 3.28. The molecule has 0 aromatic heterocycles. The average Bonchev–Trinajstić information content (AvgIpc) is 1.62. The molecule has 0 aromatic rings. The molecule has 0 fully saturated rings. The van der Waals surface area contributed by atoms with Crippen molar-refractivity contribution in [1.82, 2.24) is 0 Å². The summed E-state index contributed by atoms with van der Waals surface area (Å²) in [6, 6.07) is 0. The molecule has 0 amide bonds. The normalized spacial score (nSPS) is 7.20. The van der Waals surface area contributed by atoms with E-state index < -0.39 is 0 Å². The van der Waals surface area contributed by atoms with Crippen molar-refractivity contribution >= 4 is 23.7 Å². The summed E-state index contributed by atoms with van der Waals surface area (Å²) in [5, 5.41) is -0.139. The van der Waals surface area contributed by atoms with Gasteiger partial charge in [-0.3, -0.25) is 9.59 Å². The summed E-state index contributed by atoms with van der Waals surface area (Å²) < 4.78 is 4.40. The number of hydrogen-bond donors (Lipinski definition) is 1. The summed E-state index contributed by atoms with van der Waals surface area (Å²) in [5.74, 6) is -0.211. The summed E-state index contributed by atoms with van der Waals surface area (Å²) in [4.78, 5) is 19.1. The minimum absolute atomic E-state index is 0.139. The molecule has 0 radical (unpaired) electrons. The van der Waals surface area contributed by atoms with Gasteiger partial charge in [0, 0.05) is 13.8 Å². The molecule has 0 N–H and O–H groups in total. The lowest BCUT2D eigenvalue weighted by Crippen LogP contribution is -1.95. The number of rotatable bonds is 1. The zero-order chi connectivity index (χ0) is 8.57. The first-order valence-electron chi connectivity index (χ1n) is 2.83. The zero-order valence-corrected chi connectivity index (χ0v) is 7.27. The maximum Gasteiger partial charge on any atom is 0.302 e. The Hall–Kier alpha value is -0.510. The molecule has 0 unspecified atom stereocenters. The molecule has 0 heterocycles. The van der Waals surface area contributed by atoms with Crippen LogP contribution < -0.4 is 0 Å². The largest absolute Gasteiger partial charge is 0.466 e. The summed E-state index contributed by atoms with van der Waals surface area (Å²) in [6.07, 6.45) is 0. The standard InChI is InChI=1S/C4H8O2.C2H4OS/c1-3-6-4(2)5;1-2(3)4/h3H2,1-2H3;1H3,(H,3,4). The van der Waals surface area contributed by atoms with Gasteiger partial charge in [-0.05, 0) is 6.92 Å². The Morgan fingerprint density at radius 2 is 1.70 bits per heavy atom. The van der Waals surface area contributed by atoms with E-state index in [4.69, 9.17) is 0 Å². The molecular formula is C6H12O3S. The summed E-state index contributed by atoms with van der Waals surface area (Å²) in [6.45, 7) is 5.04. The second kappa shape index (κ2) is 8.49. The molecule has 0 aliphatic carbocycles. The van der Waals surface area contributed by atoms with Crippen LogP contribution in [0.3, 0.4) is 0 Å². The molecule has 0 spiro atoms. The first kappa shape index (κ1) is 12.2. The van der Waals surface area contributed by atoms with Crippen molar-refractivity contribution in [3.63, 3.8) is 0 Å². The van der Waals surface area contributed by atoms with E-state index in [1.165, 1.54) is 13.8 Å². The van der Waals surface area contributed by atoms with E-state index in [0.29, 0.717) is 6.61 Å². The van der Waals surface area contributed by atoms with Crippen LogP contribution in [0.4, 0.5) is 0 Å². The first-order chi connectivity index (χ1) is 4.50. The molecule has 0 atom stereocenters. The maximum atomic E-state index is 9.82. The molecule has 10 heavy (non-hydrogen) atoms. The van der Waals surface area contributed by atoms with E-state index in [-0.39, 0.29) is 11.1 Å². The Morgan fingerprint density at radius 1 is 1.40 bits per heavy atom. The van der Waals surface area contributed by atoms with Crippen LogP contribution in [0, 0.1) is 0 Å². The Kier molecular flexibility index (Phi) is 10.4. The van der Waals surface area contributed by atoms with Gasteiger partial charge in [0.15, 0.2) is 5.12 Å². The average molecular weight is 164 g/mol. The van der Waals surface area contributed by atoms with E-state index in [2.05, 4.69) is 17.4 Å². The topological polar surface area (TPSA) is 43.4 Å². The van der Waals surface area contributed by atoms with Crippen molar-refractivity contribution in [1.29, 1.82) is 0 Å². The SMILES string of the molecule is CC(=O)S.CCOC(C)=O. The van der Waals surface area contributed by atoms with Gasteiger partial charge < -0.3 is 4.74 Å². The summed E-state index contributed by atoms with van der Waals surface area (Å²) in [7, 11) is 0. The number of esters is 1. The van der Waals surface area contributed by atoms with Crippen molar-refractivity contribution in [2.24, 2.45) is 0 Å². The second-order valence-corrected chi connectivity index (χ2v) is 2.07. The number of ether oxygens (including phenoxy) is 1. The smallest absolute Gasteiger partial charge is 0.302 e. The van der Waals surface area contributed by atoms with Crippen LogP contribution in [0.2, 0.25) is 0 Å². The molecule has 0 aromatic carbocycles. The van der Waals surface area contributed by atoms with E-state index in [0.717, 1.165) is 0 Å². The quantitative estimate of drug-likeness (QED) is 0.465. The zero-order valence-electron chi connectivity index (χ0n) is 6.38. The third-order valence-electron chi connectivity index (χ3n) is 0.348. The van der Waals surface area contributed by atoms with Crippen LogP contribution in [0.5, 0.6) is 0 Å². The Balaban J connectivity index is 0. The second-order valence-electron chi connectivity index (χ2n) is 1.44. The fraction of sp³-hybridized carbons (Fsp3) is 0.667. The highest BCUT2D eigenvalue weighted by molar-refractivity contribution is 7.96. The molecule has 0 aliphatic heterocycles. The van der Waals surface area contributed by atoms with Crippen molar-refractivity contribution < 1.29 is 14.3 Å². The van der Waals surface area contributed by atoms with Gasteiger partial charge in [-0.1, -0.05) is 0 Å². The Bertz CT molecular complexity index is 108. The molecule has 0 rings (SSSR count). The van der Waals surface area contributed by atoms with Gasteiger partial charge in [-0.15, -0.1) is 12.6 Å². The molecular weight excluding hydrogens is 152 g/mol. The number of carbonyl (C=O) groups excluding carboxylic acids is 2. The fourth-order valence-corrected chi connectivity index (χ4v) is 0.203. The maximum absolute atomic E-state index is 9.82. The third kappa shape index (κ3) is 50.9. The van der Waals surface area contributed by atoms with Gasteiger partial charge >= 0.3 is 5.97 Å². The van der Waals surface area contributed by atoms with E-state index >= 15 is 0 Å². The van der Waals surface area contributed by atoms with Gasteiger partial charge in [0.1, 0.15) is 0 Å². The molecule has 0 saturated carbocycles. The van der Waals surface area contributed by atoms with Gasteiger partial charge in [0.25, 0.3) is 0 Å². The summed E-state index contributed by atoms with van der Waals surface area (Å²) in [5.41, 5.74) is 0. The fourth-order valence-electron chi connectivity index (χ4n) is 0.203. The van der Waals surface area contributed by atoms with Crippen molar-refractivity contribution in [3.8, 4) is 0 Å².